The van der Waals surface area contributed by atoms with Gasteiger partial charge in [-0.25, -0.2) is 0 Å². The minimum Gasteiger partial charge on any atom is -0.622 e. The highest BCUT2D eigenvalue weighted by atomic mass is 16.6. The van der Waals surface area contributed by atoms with Crippen molar-refractivity contribution in [3.05, 3.63) is 41.1 Å². The maximum atomic E-state index is 12.6. The average molecular weight is 262 g/mol. The van der Waals surface area contributed by atoms with Crippen LogP contribution in [0.5, 0.6) is 0 Å². The number of ketones is 1. The van der Waals surface area contributed by atoms with E-state index in [1.165, 1.54) is 13.8 Å². The van der Waals surface area contributed by atoms with Gasteiger partial charge in [-0.15, -0.1) is 5.06 Å². The van der Waals surface area contributed by atoms with Gasteiger partial charge in [0.05, 0.1) is 0 Å². The van der Waals surface area contributed by atoms with E-state index >= 15 is 0 Å². The van der Waals surface area contributed by atoms with Crippen LogP contribution in [-0.4, -0.2) is 37.7 Å². The lowest BCUT2D eigenvalue weighted by atomic mass is 9.92. The highest BCUT2D eigenvalue weighted by Crippen LogP contribution is 2.35. The van der Waals surface area contributed by atoms with E-state index in [4.69, 9.17) is 0 Å². The van der Waals surface area contributed by atoms with Crippen molar-refractivity contribution >= 4 is 11.5 Å². The van der Waals surface area contributed by atoms with Gasteiger partial charge >= 0.3 is 5.66 Å². The molecule has 0 amide bonds. The van der Waals surface area contributed by atoms with Gasteiger partial charge in [-0.3, -0.25) is 4.79 Å². The van der Waals surface area contributed by atoms with Crippen LogP contribution in [0.2, 0.25) is 0 Å². The molecule has 1 N–H and O–H groups in total. The van der Waals surface area contributed by atoms with Crippen LogP contribution in [0.3, 0.4) is 0 Å². The Bertz CT molecular complexity index is 551. The fraction of sp³-hybridized carbons (Fsp3) is 0.429. The van der Waals surface area contributed by atoms with Crippen LogP contribution in [0.4, 0.5) is 0 Å². The SMILES string of the molecule is CC(=O)C1(C)N(O)C(C)(C)C(c2ccccc2)=[N+]1[O-]. The summed E-state index contributed by atoms with van der Waals surface area (Å²) in [5.74, 6) is -0.399. The summed E-state index contributed by atoms with van der Waals surface area (Å²) in [6, 6.07) is 9.07. The molecule has 5 heteroatoms. The van der Waals surface area contributed by atoms with E-state index in [1.807, 2.05) is 18.2 Å². The van der Waals surface area contributed by atoms with Crippen LogP contribution in [0.25, 0.3) is 0 Å². The van der Waals surface area contributed by atoms with Crippen molar-refractivity contribution in [2.24, 2.45) is 0 Å². The Morgan fingerprint density at radius 1 is 1.26 bits per heavy atom. The largest absolute Gasteiger partial charge is 0.622 e. The van der Waals surface area contributed by atoms with Gasteiger partial charge in [0.15, 0.2) is 0 Å². The minimum absolute atomic E-state index is 0.383. The molecule has 0 saturated carbocycles. The second-order valence-electron chi connectivity index (χ2n) is 5.46. The molecule has 0 spiro atoms. The number of rotatable bonds is 2. The second kappa shape index (κ2) is 4.15. The van der Waals surface area contributed by atoms with E-state index in [-0.39, 0.29) is 0 Å². The van der Waals surface area contributed by atoms with Crippen LogP contribution in [-0.2, 0) is 4.79 Å². The third-order valence-corrected chi connectivity index (χ3v) is 3.83. The van der Waals surface area contributed by atoms with E-state index < -0.39 is 17.0 Å². The zero-order valence-corrected chi connectivity index (χ0v) is 11.5. The van der Waals surface area contributed by atoms with Crippen molar-refractivity contribution < 1.29 is 14.7 Å². The second-order valence-corrected chi connectivity index (χ2v) is 5.46. The number of Topliss-reactive ketones (excluding diaryl/α,β-unsaturated/α-hetero) is 1. The number of hydrogen-bond acceptors (Lipinski definition) is 4. The Morgan fingerprint density at radius 2 is 1.79 bits per heavy atom. The molecule has 102 valence electrons. The topological polar surface area (TPSA) is 66.6 Å². The van der Waals surface area contributed by atoms with Crippen molar-refractivity contribution in [3.63, 3.8) is 0 Å². The van der Waals surface area contributed by atoms with Gasteiger partial charge < -0.3 is 10.4 Å². The number of nitrogens with zero attached hydrogens (tertiary/aromatic N) is 2. The van der Waals surface area contributed by atoms with Gasteiger partial charge in [0, 0.05) is 19.4 Å². The molecule has 1 unspecified atom stereocenters. The lowest BCUT2D eigenvalue weighted by Gasteiger charge is -2.30. The van der Waals surface area contributed by atoms with Crippen LogP contribution in [0, 0.1) is 5.21 Å². The van der Waals surface area contributed by atoms with Crippen molar-refractivity contribution in [2.45, 2.75) is 38.9 Å². The summed E-state index contributed by atoms with van der Waals surface area (Å²) in [6.45, 7) is 6.17. The summed E-state index contributed by atoms with van der Waals surface area (Å²) < 4.78 is 0.616. The molecule has 1 aromatic carbocycles. The molecule has 0 fully saturated rings. The molecule has 1 aliphatic rings. The van der Waals surface area contributed by atoms with Gasteiger partial charge in [0.2, 0.25) is 11.5 Å². The third-order valence-electron chi connectivity index (χ3n) is 3.83. The molecule has 0 aliphatic carbocycles. The summed E-state index contributed by atoms with van der Waals surface area (Å²) in [5, 5.41) is 23.7. The van der Waals surface area contributed by atoms with Crippen LogP contribution in [0.15, 0.2) is 30.3 Å². The minimum atomic E-state index is -1.59. The smallest absolute Gasteiger partial charge is 0.307 e. The molecule has 2 rings (SSSR count). The lowest BCUT2D eigenvalue weighted by molar-refractivity contribution is -0.565. The fourth-order valence-electron chi connectivity index (χ4n) is 2.56. The molecule has 0 aromatic heterocycles. The molecular weight excluding hydrogens is 244 g/mol. The normalized spacial score (nSPS) is 26.8. The Labute approximate surface area is 112 Å². The van der Waals surface area contributed by atoms with Crippen molar-refractivity contribution in [1.82, 2.24) is 5.06 Å². The Morgan fingerprint density at radius 3 is 2.21 bits per heavy atom. The van der Waals surface area contributed by atoms with Crippen molar-refractivity contribution in [2.75, 3.05) is 0 Å². The molecular formula is C14H18N2O3. The molecule has 1 heterocycles. The summed E-state index contributed by atoms with van der Waals surface area (Å²) in [7, 11) is 0. The standard InChI is InChI=1S/C14H18N2O3/c1-10(17)14(4)15(18)12(13(2,3)16(14)19)11-8-6-5-7-9-11/h5-9,19H,1-4H3. The zero-order chi connectivity index (χ0) is 14.4. The molecule has 5 nitrogen and oxygen atoms in total. The quantitative estimate of drug-likeness (QED) is 0.651. The van der Waals surface area contributed by atoms with E-state index in [0.717, 1.165) is 5.06 Å². The van der Waals surface area contributed by atoms with E-state index in [9.17, 15) is 15.2 Å². The first-order valence-corrected chi connectivity index (χ1v) is 6.14. The van der Waals surface area contributed by atoms with Crippen LogP contribution in [0.1, 0.15) is 33.3 Å². The maximum Gasteiger partial charge on any atom is 0.307 e. The molecule has 1 aliphatic heterocycles. The maximum absolute atomic E-state index is 12.6. The average Bonchev–Trinajstić information content (AvgIpc) is 2.50. The molecule has 1 atom stereocenters. The molecule has 19 heavy (non-hydrogen) atoms. The van der Waals surface area contributed by atoms with E-state index in [0.29, 0.717) is 16.0 Å². The number of carbonyl (C=O) groups excluding carboxylic acids is 1. The number of hydroxylamine groups is 3. The number of carbonyl (C=O) groups is 1. The Balaban J connectivity index is 2.70. The van der Waals surface area contributed by atoms with Crippen molar-refractivity contribution in [3.8, 4) is 0 Å². The highest BCUT2D eigenvalue weighted by molar-refractivity contribution is 6.06. The summed E-state index contributed by atoms with van der Waals surface area (Å²) in [4.78, 5) is 11.8. The lowest BCUT2D eigenvalue weighted by Crippen LogP contribution is -2.57. The summed E-state index contributed by atoms with van der Waals surface area (Å²) >= 11 is 0. The molecule has 0 saturated heterocycles. The molecule has 0 bridgehead atoms. The van der Waals surface area contributed by atoms with Gasteiger partial charge in [-0.1, -0.05) is 18.2 Å². The van der Waals surface area contributed by atoms with Gasteiger partial charge in [-0.05, 0) is 26.0 Å². The van der Waals surface area contributed by atoms with Crippen molar-refractivity contribution in [1.29, 1.82) is 0 Å². The first-order chi connectivity index (χ1) is 8.74. The number of hydrogen-bond donors (Lipinski definition) is 1. The summed E-state index contributed by atoms with van der Waals surface area (Å²) in [5.41, 5.74) is -1.45. The van der Waals surface area contributed by atoms with Gasteiger partial charge in [0.1, 0.15) is 5.54 Å². The monoisotopic (exact) mass is 262 g/mol. The Hall–Kier alpha value is -1.72. The van der Waals surface area contributed by atoms with E-state index in [1.54, 1.807) is 26.0 Å². The molecule has 0 radical (unpaired) electrons. The van der Waals surface area contributed by atoms with Crippen LogP contribution >= 0.6 is 0 Å². The molecule has 1 aromatic rings. The third kappa shape index (κ3) is 1.69. The van der Waals surface area contributed by atoms with Crippen LogP contribution < -0.4 is 0 Å². The fourth-order valence-corrected chi connectivity index (χ4v) is 2.56. The summed E-state index contributed by atoms with van der Waals surface area (Å²) in [6.07, 6.45) is 0. The first-order valence-electron chi connectivity index (χ1n) is 6.14. The highest BCUT2D eigenvalue weighted by Gasteiger charge is 2.62. The number of benzene rings is 1. The first kappa shape index (κ1) is 13.7. The van der Waals surface area contributed by atoms with E-state index in [2.05, 4.69) is 0 Å². The van der Waals surface area contributed by atoms with Gasteiger partial charge in [0.25, 0.3) is 0 Å². The Kier molecular flexibility index (Phi) is 2.99. The predicted molar refractivity (Wildman–Crippen MR) is 71.0 cm³/mol. The predicted octanol–water partition coefficient (Wildman–Crippen LogP) is 1.77. The zero-order valence-electron chi connectivity index (χ0n) is 11.5. The van der Waals surface area contributed by atoms with Gasteiger partial charge in [-0.2, -0.15) is 4.74 Å².